The van der Waals surface area contributed by atoms with Crippen LogP contribution in [0.4, 0.5) is 0 Å². The van der Waals surface area contributed by atoms with Gasteiger partial charge >= 0.3 is 0 Å². The maximum absolute atomic E-state index is 12.0. The molecule has 15 heavy (non-hydrogen) atoms. The average Bonchev–Trinajstić information content (AvgIpc) is 2.17. The summed E-state index contributed by atoms with van der Waals surface area (Å²) in [5.74, 6) is 0.263. The second-order valence-corrected chi connectivity index (χ2v) is 4.17. The van der Waals surface area contributed by atoms with E-state index in [1.807, 2.05) is 39.0 Å². The molecule has 2 N–H and O–H groups in total. The average molecular weight is 205 g/mol. The fourth-order valence-corrected chi connectivity index (χ4v) is 1.73. The molecule has 0 radical (unpaired) electrons. The number of rotatable bonds is 4. The third-order valence-electron chi connectivity index (χ3n) is 2.54. The Bertz CT molecular complexity index is 356. The number of aryl methyl sites for hydroxylation is 1. The minimum absolute atomic E-state index is 0.0441. The molecule has 0 aliphatic heterocycles. The third-order valence-corrected chi connectivity index (χ3v) is 2.54. The number of nitrogens with two attached hydrogens (primary N) is 1. The fraction of sp³-hybridized carbons (Fsp3) is 0.462. The van der Waals surface area contributed by atoms with E-state index in [0.717, 1.165) is 23.1 Å². The molecule has 82 valence electrons. The van der Waals surface area contributed by atoms with E-state index < -0.39 is 0 Å². The number of benzene rings is 1. The van der Waals surface area contributed by atoms with Gasteiger partial charge in [-0.05, 0) is 31.0 Å². The molecule has 0 saturated heterocycles. The molecule has 1 aromatic rings. The molecule has 0 spiro atoms. The van der Waals surface area contributed by atoms with Gasteiger partial charge in [0.1, 0.15) is 0 Å². The lowest BCUT2D eigenvalue weighted by Gasteiger charge is -2.12. The summed E-state index contributed by atoms with van der Waals surface area (Å²) in [5, 5.41) is 0. The van der Waals surface area contributed by atoms with Crippen LogP contribution < -0.4 is 5.73 Å². The molecule has 0 bridgehead atoms. The lowest BCUT2D eigenvalue weighted by Crippen LogP contribution is -2.14. The Morgan fingerprint density at radius 2 is 2.07 bits per heavy atom. The highest BCUT2D eigenvalue weighted by atomic mass is 16.1. The minimum atomic E-state index is 0.0441. The van der Waals surface area contributed by atoms with Crippen molar-refractivity contribution in [2.45, 2.75) is 27.2 Å². The van der Waals surface area contributed by atoms with Crippen LogP contribution in [-0.4, -0.2) is 12.3 Å². The highest BCUT2D eigenvalue weighted by molar-refractivity contribution is 6.00. The van der Waals surface area contributed by atoms with Crippen molar-refractivity contribution < 1.29 is 4.79 Å². The Kier molecular flexibility index (Phi) is 4.04. The summed E-state index contributed by atoms with van der Waals surface area (Å²) in [6.45, 7) is 6.43. The van der Waals surface area contributed by atoms with Crippen LogP contribution in [-0.2, 0) is 6.42 Å². The number of hydrogen-bond acceptors (Lipinski definition) is 2. The standard InChI is InChI=1S/C13H19NO/c1-9(2)13(15)12-10(3)5-4-6-11(12)7-8-14/h4-6,9H,7-8,14H2,1-3H3. The monoisotopic (exact) mass is 205 g/mol. The van der Waals surface area contributed by atoms with Crippen LogP contribution >= 0.6 is 0 Å². The Balaban J connectivity index is 3.18. The molecule has 2 nitrogen and oxygen atoms in total. The lowest BCUT2D eigenvalue weighted by molar-refractivity contribution is 0.0938. The topological polar surface area (TPSA) is 43.1 Å². The lowest BCUT2D eigenvalue weighted by atomic mass is 9.91. The summed E-state index contributed by atoms with van der Waals surface area (Å²) in [6.07, 6.45) is 0.773. The summed E-state index contributed by atoms with van der Waals surface area (Å²) in [4.78, 5) is 12.0. The molecule has 2 heteroatoms. The molecule has 1 aromatic carbocycles. The first-order chi connectivity index (χ1) is 7.07. The van der Waals surface area contributed by atoms with Gasteiger partial charge in [-0.1, -0.05) is 32.0 Å². The van der Waals surface area contributed by atoms with E-state index in [4.69, 9.17) is 5.73 Å². The Labute approximate surface area is 91.5 Å². The normalized spacial score (nSPS) is 10.7. The molecule has 0 heterocycles. The van der Waals surface area contributed by atoms with Crippen LogP contribution in [0.3, 0.4) is 0 Å². The molecule has 0 aromatic heterocycles. The number of carbonyl (C=O) groups is 1. The van der Waals surface area contributed by atoms with Crippen LogP contribution in [0.2, 0.25) is 0 Å². The highest BCUT2D eigenvalue weighted by Crippen LogP contribution is 2.18. The Morgan fingerprint density at radius 1 is 1.40 bits per heavy atom. The summed E-state index contributed by atoms with van der Waals surface area (Å²) in [5.41, 5.74) is 8.55. The molecule has 0 unspecified atom stereocenters. The molecule has 0 fully saturated rings. The fourth-order valence-electron chi connectivity index (χ4n) is 1.73. The van der Waals surface area contributed by atoms with E-state index in [1.54, 1.807) is 0 Å². The maximum Gasteiger partial charge on any atom is 0.165 e. The van der Waals surface area contributed by atoms with E-state index in [2.05, 4.69) is 0 Å². The second-order valence-electron chi connectivity index (χ2n) is 4.17. The predicted molar refractivity (Wildman–Crippen MR) is 63.1 cm³/mol. The quantitative estimate of drug-likeness (QED) is 0.767. The van der Waals surface area contributed by atoms with Crippen LogP contribution in [0.25, 0.3) is 0 Å². The molecule has 0 amide bonds. The van der Waals surface area contributed by atoms with Crippen molar-refractivity contribution in [2.75, 3.05) is 6.54 Å². The maximum atomic E-state index is 12.0. The van der Waals surface area contributed by atoms with Gasteiger partial charge in [-0.25, -0.2) is 0 Å². The zero-order valence-corrected chi connectivity index (χ0v) is 9.71. The van der Waals surface area contributed by atoms with E-state index in [-0.39, 0.29) is 11.7 Å². The van der Waals surface area contributed by atoms with Crippen molar-refractivity contribution >= 4 is 5.78 Å². The molecule has 0 aliphatic rings. The van der Waals surface area contributed by atoms with Crippen molar-refractivity contribution in [1.29, 1.82) is 0 Å². The largest absolute Gasteiger partial charge is 0.330 e. The van der Waals surface area contributed by atoms with Crippen LogP contribution in [0.15, 0.2) is 18.2 Å². The van der Waals surface area contributed by atoms with Gasteiger partial charge in [0.2, 0.25) is 0 Å². The van der Waals surface area contributed by atoms with Crippen molar-refractivity contribution in [3.8, 4) is 0 Å². The van der Waals surface area contributed by atoms with Crippen molar-refractivity contribution in [3.05, 3.63) is 34.9 Å². The van der Waals surface area contributed by atoms with Gasteiger partial charge in [-0.15, -0.1) is 0 Å². The number of hydrogen-bond donors (Lipinski definition) is 1. The van der Waals surface area contributed by atoms with Crippen LogP contribution in [0, 0.1) is 12.8 Å². The summed E-state index contributed by atoms with van der Waals surface area (Å²) in [7, 11) is 0. The van der Waals surface area contributed by atoms with E-state index >= 15 is 0 Å². The minimum Gasteiger partial charge on any atom is -0.330 e. The predicted octanol–water partition coefficient (Wildman–Crippen LogP) is 2.33. The summed E-state index contributed by atoms with van der Waals surface area (Å²) < 4.78 is 0. The summed E-state index contributed by atoms with van der Waals surface area (Å²) >= 11 is 0. The number of Topliss-reactive ketones (excluding diaryl/α,β-unsaturated/α-hetero) is 1. The highest BCUT2D eigenvalue weighted by Gasteiger charge is 2.16. The third kappa shape index (κ3) is 2.66. The molecular formula is C13H19NO. The van der Waals surface area contributed by atoms with Crippen LogP contribution in [0.5, 0.6) is 0 Å². The molecule has 0 saturated carbocycles. The smallest absolute Gasteiger partial charge is 0.165 e. The van der Waals surface area contributed by atoms with Gasteiger partial charge in [0.15, 0.2) is 5.78 Å². The van der Waals surface area contributed by atoms with Gasteiger partial charge in [-0.3, -0.25) is 4.79 Å². The first-order valence-electron chi connectivity index (χ1n) is 5.40. The summed E-state index contributed by atoms with van der Waals surface area (Å²) in [6, 6.07) is 5.96. The Morgan fingerprint density at radius 3 is 2.60 bits per heavy atom. The van der Waals surface area contributed by atoms with E-state index in [1.165, 1.54) is 0 Å². The van der Waals surface area contributed by atoms with Gasteiger partial charge < -0.3 is 5.73 Å². The zero-order chi connectivity index (χ0) is 11.4. The molecule has 0 aliphatic carbocycles. The van der Waals surface area contributed by atoms with E-state index in [9.17, 15) is 4.79 Å². The van der Waals surface area contributed by atoms with Gasteiger partial charge in [0.25, 0.3) is 0 Å². The van der Waals surface area contributed by atoms with Gasteiger partial charge in [0, 0.05) is 11.5 Å². The van der Waals surface area contributed by atoms with Crippen molar-refractivity contribution in [2.24, 2.45) is 11.7 Å². The first-order valence-corrected chi connectivity index (χ1v) is 5.40. The van der Waals surface area contributed by atoms with Gasteiger partial charge in [-0.2, -0.15) is 0 Å². The SMILES string of the molecule is Cc1cccc(CCN)c1C(=O)C(C)C. The van der Waals surface area contributed by atoms with Crippen molar-refractivity contribution in [3.63, 3.8) is 0 Å². The second kappa shape index (κ2) is 5.08. The zero-order valence-electron chi connectivity index (χ0n) is 9.71. The molecule has 1 rings (SSSR count). The number of carbonyl (C=O) groups excluding carboxylic acids is 1. The van der Waals surface area contributed by atoms with Crippen molar-refractivity contribution in [1.82, 2.24) is 0 Å². The van der Waals surface area contributed by atoms with Crippen LogP contribution in [0.1, 0.15) is 35.3 Å². The van der Waals surface area contributed by atoms with E-state index in [0.29, 0.717) is 6.54 Å². The molecule has 0 atom stereocenters. The van der Waals surface area contributed by atoms with Gasteiger partial charge in [0.05, 0.1) is 0 Å². The molecular weight excluding hydrogens is 186 g/mol. The Hall–Kier alpha value is -1.15. The first kappa shape index (κ1) is 11.9. The number of ketones is 1.